The normalized spacial score (nSPS) is 26.8. The van der Waals surface area contributed by atoms with E-state index in [2.05, 4.69) is 0 Å². The van der Waals surface area contributed by atoms with Crippen LogP contribution >= 0.6 is 0 Å². The number of carbonyl (C=O) groups is 2. The summed E-state index contributed by atoms with van der Waals surface area (Å²) in [7, 11) is 1.38. The molecule has 2 fully saturated rings. The summed E-state index contributed by atoms with van der Waals surface area (Å²) in [6.45, 7) is 6.13. The molecule has 5 heteroatoms. The van der Waals surface area contributed by atoms with E-state index in [9.17, 15) is 9.59 Å². The van der Waals surface area contributed by atoms with Crippen LogP contribution < -0.4 is 0 Å². The Morgan fingerprint density at radius 1 is 1.05 bits per heavy atom. The highest BCUT2D eigenvalue weighted by atomic mass is 16.6. The van der Waals surface area contributed by atoms with Crippen LogP contribution in [0.25, 0.3) is 0 Å². The molecule has 0 radical (unpaired) electrons. The fourth-order valence-corrected chi connectivity index (χ4v) is 3.70. The van der Waals surface area contributed by atoms with Gasteiger partial charge in [0.2, 0.25) is 0 Å². The first-order valence-electron chi connectivity index (χ1n) is 8.39. The topological polar surface area (TPSA) is 55.8 Å². The second-order valence-corrected chi connectivity index (χ2v) is 7.57. The molecule has 0 aromatic carbocycles. The number of esters is 1. The number of hydrogen-bond donors (Lipinski definition) is 0. The molecule has 0 N–H and O–H groups in total. The molecular formula is C17H29NO4. The van der Waals surface area contributed by atoms with Crippen molar-refractivity contribution in [2.24, 2.45) is 11.8 Å². The summed E-state index contributed by atoms with van der Waals surface area (Å²) in [5.74, 6) is 0.675. The van der Waals surface area contributed by atoms with Crippen LogP contribution in [-0.4, -0.2) is 42.3 Å². The maximum Gasteiger partial charge on any atom is 0.411 e. The molecule has 0 bridgehead atoms. The van der Waals surface area contributed by atoms with Crippen LogP contribution in [0.2, 0.25) is 0 Å². The van der Waals surface area contributed by atoms with E-state index in [0.717, 1.165) is 0 Å². The molecule has 1 heterocycles. The Morgan fingerprint density at radius 2 is 1.68 bits per heavy atom. The Kier molecular flexibility index (Phi) is 5.35. The van der Waals surface area contributed by atoms with Crippen LogP contribution in [0, 0.1) is 11.8 Å². The molecule has 1 amide bonds. The Bertz CT molecular complexity index is 409. The lowest BCUT2D eigenvalue weighted by Crippen LogP contribution is -2.43. The minimum absolute atomic E-state index is 0.329. The zero-order chi connectivity index (χ0) is 16.3. The van der Waals surface area contributed by atoms with Gasteiger partial charge >= 0.3 is 12.1 Å². The van der Waals surface area contributed by atoms with Gasteiger partial charge in [0.25, 0.3) is 0 Å². The van der Waals surface area contributed by atoms with E-state index < -0.39 is 17.7 Å². The summed E-state index contributed by atoms with van der Waals surface area (Å²) in [6.07, 6.45) is 6.55. The number of hydrogen-bond acceptors (Lipinski definition) is 4. The van der Waals surface area contributed by atoms with Crippen molar-refractivity contribution in [1.29, 1.82) is 0 Å². The van der Waals surface area contributed by atoms with Crippen LogP contribution in [0.15, 0.2) is 0 Å². The van der Waals surface area contributed by atoms with Gasteiger partial charge in [-0.2, -0.15) is 0 Å². The van der Waals surface area contributed by atoms with Crippen molar-refractivity contribution in [2.45, 2.75) is 70.9 Å². The first-order chi connectivity index (χ1) is 10.3. The zero-order valence-corrected chi connectivity index (χ0v) is 14.3. The Hall–Kier alpha value is -1.26. The molecule has 1 saturated carbocycles. The van der Waals surface area contributed by atoms with Gasteiger partial charge in [0.1, 0.15) is 11.6 Å². The molecule has 126 valence electrons. The van der Waals surface area contributed by atoms with Gasteiger partial charge in [0, 0.05) is 6.54 Å². The van der Waals surface area contributed by atoms with Gasteiger partial charge < -0.3 is 9.47 Å². The highest BCUT2D eigenvalue weighted by Crippen LogP contribution is 2.38. The number of amides is 1. The molecule has 0 aromatic rings. The molecule has 0 spiro atoms. The molecule has 2 atom stereocenters. The summed E-state index contributed by atoms with van der Waals surface area (Å²) >= 11 is 0. The van der Waals surface area contributed by atoms with Crippen LogP contribution in [0.1, 0.15) is 59.3 Å². The zero-order valence-electron chi connectivity index (χ0n) is 14.3. The Balaban J connectivity index is 2.07. The third-order valence-electron chi connectivity index (χ3n) is 4.75. The lowest BCUT2D eigenvalue weighted by molar-refractivity contribution is -0.145. The van der Waals surface area contributed by atoms with Crippen molar-refractivity contribution in [3.63, 3.8) is 0 Å². The largest absolute Gasteiger partial charge is 0.467 e. The van der Waals surface area contributed by atoms with Crippen molar-refractivity contribution < 1.29 is 19.1 Å². The molecule has 2 rings (SSSR count). The number of likely N-dealkylation sites (tertiary alicyclic amines) is 1. The predicted octanol–water partition coefficient (Wildman–Crippen LogP) is 3.37. The molecule has 1 aliphatic carbocycles. The van der Waals surface area contributed by atoms with Gasteiger partial charge in [0.05, 0.1) is 7.11 Å². The van der Waals surface area contributed by atoms with E-state index in [-0.39, 0.29) is 5.97 Å². The van der Waals surface area contributed by atoms with Crippen molar-refractivity contribution >= 4 is 12.1 Å². The summed E-state index contributed by atoms with van der Waals surface area (Å²) in [5, 5.41) is 0. The highest BCUT2D eigenvalue weighted by molar-refractivity contribution is 5.82. The first-order valence-corrected chi connectivity index (χ1v) is 8.39. The van der Waals surface area contributed by atoms with Crippen LogP contribution in [0.3, 0.4) is 0 Å². The third kappa shape index (κ3) is 4.14. The van der Waals surface area contributed by atoms with Crippen LogP contribution in [0.5, 0.6) is 0 Å². The molecule has 22 heavy (non-hydrogen) atoms. The summed E-state index contributed by atoms with van der Waals surface area (Å²) in [5.41, 5.74) is -0.555. The van der Waals surface area contributed by atoms with Gasteiger partial charge in [-0.3, -0.25) is 4.90 Å². The number of ether oxygens (including phenoxy) is 2. The second-order valence-electron chi connectivity index (χ2n) is 7.57. The summed E-state index contributed by atoms with van der Waals surface area (Å²) in [4.78, 5) is 26.0. The minimum Gasteiger partial charge on any atom is -0.467 e. The summed E-state index contributed by atoms with van der Waals surface area (Å²) < 4.78 is 10.4. The van der Waals surface area contributed by atoms with Crippen molar-refractivity contribution in [3.05, 3.63) is 0 Å². The molecule has 5 nitrogen and oxygen atoms in total. The maximum atomic E-state index is 12.4. The maximum absolute atomic E-state index is 12.4. The minimum atomic E-state index is -0.555. The SMILES string of the molecule is COC(=O)[C@@H]1C[C@@H](C2CCCCC2)CN1C(=O)OC(C)(C)C. The predicted molar refractivity (Wildman–Crippen MR) is 83.4 cm³/mol. The van der Waals surface area contributed by atoms with Gasteiger partial charge in [-0.15, -0.1) is 0 Å². The quantitative estimate of drug-likeness (QED) is 0.734. The Labute approximate surface area is 133 Å². The molecule has 1 aliphatic heterocycles. The van der Waals surface area contributed by atoms with Crippen molar-refractivity contribution in [3.8, 4) is 0 Å². The molecule has 1 saturated heterocycles. The standard InChI is InChI=1S/C17H29NO4/c1-17(2,3)22-16(20)18-11-13(10-14(18)15(19)21-4)12-8-6-5-7-9-12/h12-14H,5-11H2,1-4H3/t13-,14+/m1/s1. The average molecular weight is 311 g/mol. The number of methoxy groups -OCH3 is 1. The number of nitrogens with zero attached hydrogens (tertiary/aromatic N) is 1. The molecule has 2 aliphatic rings. The lowest BCUT2D eigenvalue weighted by atomic mass is 9.79. The second kappa shape index (κ2) is 6.88. The third-order valence-corrected chi connectivity index (χ3v) is 4.75. The molecule has 0 unspecified atom stereocenters. The number of rotatable bonds is 2. The monoisotopic (exact) mass is 311 g/mol. The average Bonchev–Trinajstić information content (AvgIpc) is 2.91. The molecule has 0 aromatic heterocycles. The first kappa shape index (κ1) is 17.1. The van der Waals surface area contributed by atoms with Gasteiger partial charge in [-0.25, -0.2) is 9.59 Å². The number of carbonyl (C=O) groups excluding carboxylic acids is 2. The fourth-order valence-electron chi connectivity index (χ4n) is 3.70. The lowest BCUT2D eigenvalue weighted by Gasteiger charge is -2.28. The van der Waals surface area contributed by atoms with Gasteiger partial charge in [-0.1, -0.05) is 32.1 Å². The van der Waals surface area contributed by atoms with Gasteiger partial charge in [0.15, 0.2) is 0 Å². The van der Waals surface area contributed by atoms with Crippen LogP contribution in [0.4, 0.5) is 4.79 Å². The van der Waals surface area contributed by atoms with Gasteiger partial charge in [-0.05, 0) is 39.0 Å². The van der Waals surface area contributed by atoms with E-state index in [1.165, 1.54) is 39.2 Å². The highest BCUT2D eigenvalue weighted by Gasteiger charge is 2.44. The smallest absolute Gasteiger partial charge is 0.411 e. The molecular weight excluding hydrogens is 282 g/mol. The fraction of sp³-hybridized carbons (Fsp3) is 0.882. The van der Waals surface area contributed by atoms with E-state index in [1.807, 2.05) is 20.8 Å². The summed E-state index contributed by atoms with van der Waals surface area (Å²) in [6, 6.07) is -0.494. The van der Waals surface area contributed by atoms with Crippen LogP contribution in [-0.2, 0) is 14.3 Å². The van der Waals surface area contributed by atoms with E-state index in [4.69, 9.17) is 9.47 Å². The van der Waals surface area contributed by atoms with E-state index in [0.29, 0.717) is 24.8 Å². The Morgan fingerprint density at radius 3 is 2.23 bits per heavy atom. The van der Waals surface area contributed by atoms with E-state index >= 15 is 0 Å². The van der Waals surface area contributed by atoms with Crippen molar-refractivity contribution in [1.82, 2.24) is 4.90 Å². The van der Waals surface area contributed by atoms with E-state index in [1.54, 1.807) is 4.90 Å². The van der Waals surface area contributed by atoms with Crippen molar-refractivity contribution in [2.75, 3.05) is 13.7 Å².